The van der Waals surface area contributed by atoms with E-state index in [-0.39, 0.29) is 42.7 Å². The Morgan fingerprint density at radius 3 is 2.65 bits per heavy atom. The second-order valence-corrected chi connectivity index (χ2v) is 8.00. The van der Waals surface area contributed by atoms with Crippen LogP contribution in [0.3, 0.4) is 0 Å². The summed E-state index contributed by atoms with van der Waals surface area (Å²) in [6, 6.07) is -0.0332. The Balaban J connectivity index is 0.00000169. The van der Waals surface area contributed by atoms with E-state index in [1.165, 1.54) is 11.3 Å². The maximum atomic E-state index is 12.7. The minimum Gasteiger partial charge on any atom is -0.354 e. The standard InChI is InChI=1S/C17H26N4O2S.2ClH/c1-11-15(24-12(2)20-11)17(23)21-8-4-5-13(10-21)9-19-16(22)14-6-3-7-18-14;;/h13-14,18H,3-10H2,1-2H3,(H,19,22);2*1H. The SMILES string of the molecule is Cc1nc(C)c(C(=O)N2CCCC(CNC(=O)C3CCCN3)C2)s1.Cl.Cl. The molecule has 0 bridgehead atoms. The van der Waals surface area contributed by atoms with Crippen molar-refractivity contribution in [2.24, 2.45) is 5.92 Å². The highest BCUT2D eigenvalue weighted by Crippen LogP contribution is 2.23. The van der Waals surface area contributed by atoms with Crippen molar-refractivity contribution >= 4 is 48.0 Å². The molecular formula is C17H28Cl2N4O2S. The number of nitrogens with zero attached hydrogens (tertiary/aromatic N) is 2. The highest BCUT2D eigenvalue weighted by Gasteiger charge is 2.28. The zero-order valence-electron chi connectivity index (χ0n) is 15.2. The van der Waals surface area contributed by atoms with Crippen LogP contribution in [0.25, 0.3) is 0 Å². The molecular weight excluding hydrogens is 395 g/mol. The second kappa shape index (κ2) is 10.4. The van der Waals surface area contributed by atoms with Gasteiger partial charge in [-0.2, -0.15) is 0 Å². The van der Waals surface area contributed by atoms with Gasteiger partial charge < -0.3 is 15.5 Å². The maximum Gasteiger partial charge on any atom is 0.265 e. The average Bonchev–Trinajstić information content (AvgIpc) is 3.22. The molecule has 2 aliphatic heterocycles. The van der Waals surface area contributed by atoms with Gasteiger partial charge in [-0.15, -0.1) is 36.2 Å². The molecule has 0 aromatic carbocycles. The molecule has 0 spiro atoms. The molecule has 2 saturated heterocycles. The van der Waals surface area contributed by atoms with E-state index in [1.54, 1.807) is 0 Å². The van der Waals surface area contributed by atoms with Gasteiger partial charge in [0.2, 0.25) is 5.91 Å². The molecule has 3 rings (SSSR count). The summed E-state index contributed by atoms with van der Waals surface area (Å²) in [6.45, 7) is 6.92. The summed E-state index contributed by atoms with van der Waals surface area (Å²) in [5.74, 6) is 0.527. The van der Waals surface area contributed by atoms with Crippen LogP contribution in [0.4, 0.5) is 0 Å². The fourth-order valence-electron chi connectivity index (χ4n) is 3.57. The van der Waals surface area contributed by atoms with Crippen LogP contribution in [0, 0.1) is 19.8 Å². The number of aromatic nitrogens is 1. The van der Waals surface area contributed by atoms with Crippen molar-refractivity contribution < 1.29 is 9.59 Å². The first kappa shape index (κ1) is 23.1. The van der Waals surface area contributed by atoms with E-state index in [2.05, 4.69) is 15.6 Å². The predicted molar refractivity (Wildman–Crippen MR) is 109 cm³/mol. The van der Waals surface area contributed by atoms with Crippen LogP contribution in [0.1, 0.15) is 46.1 Å². The lowest BCUT2D eigenvalue weighted by molar-refractivity contribution is -0.123. The van der Waals surface area contributed by atoms with Crippen LogP contribution < -0.4 is 10.6 Å². The number of aryl methyl sites for hydroxylation is 2. The summed E-state index contributed by atoms with van der Waals surface area (Å²) in [6.07, 6.45) is 4.04. The van der Waals surface area contributed by atoms with Crippen molar-refractivity contribution in [2.75, 3.05) is 26.2 Å². The minimum atomic E-state index is -0.0332. The third-order valence-corrected chi connectivity index (χ3v) is 5.91. The number of carbonyl (C=O) groups excluding carboxylic acids is 2. The molecule has 2 unspecified atom stereocenters. The van der Waals surface area contributed by atoms with Crippen molar-refractivity contribution in [3.8, 4) is 0 Å². The number of hydrogen-bond donors (Lipinski definition) is 2. The van der Waals surface area contributed by atoms with Gasteiger partial charge in [0.15, 0.2) is 0 Å². The normalized spacial score (nSPS) is 22.3. The highest BCUT2D eigenvalue weighted by molar-refractivity contribution is 7.13. The van der Waals surface area contributed by atoms with Crippen LogP contribution in [-0.2, 0) is 4.79 Å². The van der Waals surface area contributed by atoms with Crippen molar-refractivity contribution in [1.82, 2.24) is 20.5 Å². The van der Waals surface area contributed by atoms with Crippen molar-refractivity contribution in [3.05, 3.63) is 15.6 Å². The van der Waals surface area contributed by atoms with Gasteiger partial charge in [0, 0.05) is 19.6 Å². The zero-order chi connectivity index (χ0) is 17.1. The van der Waals surface area contributed by atoms with Gasteiger partial charge in [-0.1, -0.05) is 0 Å². The van der Waals surface area contributed by atoms with Gasteiger partial charge in [-0.25, -0.2) is 4.98 Å². The monoisotopic (exact) mass is 422 g/mol. The molecule has 1 aromatic rings. The first-order chi connectivity index (χ1) is 11.5. The van der Waals surface area contributed by atoms with Gasteiger partial charge in [0.25, 0.3) is 5.91 Å². The summed E-state index contributed by atoms with van der Waals surface area (Å²) >= 11 is 1.47. The van der Waals surface area contributed by atoms with Gasteiger partial charge in [0.1, 0.15) is 4.88 Å². The summed E-state index contributed by atoms with van der Waals surface area (Å²) in [7, 11) is 0. The molecule has 26 heavy (non-hydrogen) atoms. The summed E-state index contributed by atoms with van der Waals surface area (Å²) < 4.78 is 0. The summed E-state index contributed by atoms with van der Waals surface area (Å²) in [5, 5.41) is 7.21. The van der Waals surface area contributed by atoms with E-state index < -0.39 is 0 Å². The molecule has 9 heteroatoms. The lowest BCUT2D eigenvalue weighted by Gasteiger charge is -2.33. The third-order valence-electron chi connectivity index (χ3n) is 4.85. The average molecular weight is 423 g/mol. The van der Waals surface area contributed by atoms with Crippen LogP contribution in [0.15, 0.2) is 0 Å². The quantitative estimate of drug-likeness (QED) is 0.780. The molecule has 2 amide bonds. The van der Waals surface area contributed by atoms with Gasteiger partial charge in [-0.3, -0.25) is 9.59 Å². The number of carbonyl (C=O) groups is 2. The molecule has 6 nitrogen and oxygen atoms in total. The van der Waals surface area contributed by atoms with Gasteiger partial charge in [-0.05, 0) is 52.0 Å². The molecule has 0 aliphatic carbocycles. The molecule has 0 saturated carbocycles. The number of thiazole rings is 1. The Morgan fingerprint density at radius 2 is 2.04 bits per heavy atom. The Kier molecular flexibility index (Phi) is 9.30. The third kappa shape index (κ3) is 5.55. The first-order valence-corrected chi connectivity index (χ1v) is 9.60. The van der Waals surface area contributed by atoms with E-state index in [1.807, 2.05) is 18.7 Å². The minimum absolute atomic E-state index is 0. The van der Waals surface area contributed by atoms with Gasteiger partial charge >= 0.3 is 0 Å². The van der Waals surface area contributed by atoms with Crippen molar-refractivity contribution in [3.63, 3.8) is 0 Å². The van der Waals surface area contributed by atoms with Crippen molar-refractivity contribution in [1.29, 1.82) is 0 Å². The molecule has 3 heterocycles. The maximum absolute atomic E-state index is 12.7. The number of amides is 2. The van der Waals surface area contributed by atoms with E-state index in [4.69, 9.17) is 0 Å². The molecule has 2 aliphatic rings. The molecule has 2 fully saturated rings. The fourth-order valence-corrected chi connectivity index (χ4v) is 4.45. The number of rotatable bonds is 4. The largest absolute Gasteiger partial charge is 0.354 e. The lowest BCUT2D eigenvalue weighted by atomic mass is 9.97. The smallest absolute Gasteiger partial charge is 0.265 e. The summed E-state index contributed by atoms with van der Waals surface area (Å²) in [4.78, 5) is 31.9. The molecule has 0 radical (unpaired) electrons. The van der Waals surface area contributed by atoms with E-state index in [9.17, 15) is 9.59 Å². The Labute approximate surface area is 171 Å². The second-order valence-electron chi connectivity index (χ2n) is 6.80. The molecule has 2 N–H and O–H groups in total. The van der Waals surface area contributed by atoms with Crippen molar-refractivity contribution in [2.45, 2.75) is 45.6 Å². The molecule has 2 atom stereocenters. The van der Waals surface area contributed by atoms with Crippen LogP contribution in [-0.4, -0.2) is 53.9 Å². The highest BCUT2D eigenvalue weighted by atomic mass is 35.5. The first-order valence-electron chi connectivity index (χ1n) is 8.79. The number of hydrogen-bond acceptors (Lipinski definition) is 5. The number of nitrogens with one attached hydrogen (secondary N) is 2. The fraction of sp³-hybridized carbons (Fsp3) is 0.706. The molecule has 1 aromatic heterocycles. The lowest BCUT2D eigenvalue weighted by Crippen LogP contribution is -2.46. The number of likely N-dealkylation sites (tertiary alicyclic amines) is 1. The Bertz CT molecular complexity index is 620. The van der Waals surface area contributed by atoms with E-state index in [0.717, 1.165) is 54.4 Å². The predicted octanol–water partition coefficient (Wildman–Crippen LogP) is 2.32. The van der Waals surface area contributed by atoms with Crippen LogP contribution in [0.5, 0.6) is 0 Å². The van der Waals surface area contributed by atoms with Crippen LogP contribution in [0.2, 0.25) is 0 Å². The summed E-state index contributed by atoms with van der Waals surface area (Å²) in [5.41, 5.74) is 0.824. The van der Waals surface area contributed by atoms with Gasteiger partial charge in [0.05, 0.1) is 16.7 Å². The van der Waals surface area contributed by atoms with Crippen LogP contribution >= 0.6 is 36.2 Å². The van der Waals surface area contributed by atoms with E-state index >= 15 is 0 Å². The number of piperidine rings is 1. The zero-order valence-corrected chi connectivity index (χ0v) is 17.7. The topological polar surface area (TPSA) is 74.3 Å². The Hall–Kier alpha value is -0.890. The molecule has 148 valence electrons. The van der Waals surface area contributed by atoms with E-state index in [0.29, 0.717) is 19.0 Å². The Morgan fingerprint density at radius 1 is 1.27 bits per heavy atom. The number of halogens is 2.